The summed E-state index contributed by atoms with van der Waals surface area (Å²) in [5.41, 5.74) is 6.40. The van der Waals surface area contributed by atoms with Gasteiger partial charge in [-0.25, -0.2) is 4.79 Å². The topological polar surface area (TPSA) is 113 Å². The van der Waals surface area contributed by atoms with Crippen LogP contribution < -0.4 is 10.9 Å². The predicted octanol–water partition coefficient (Wildman–Crippen LogP) is 2.17. The van der Waals surface area contributed by atoms with Gasteiger partial charge in [-0.1, -0.05) is 0 Å². The molecule has 0 saturated carbocycles. The maximum atomic E-state index is 12.3. The van der Waals surface area contributed by atoms with Gasteiger partial charge in [0, 0.05) is 5.69 Å². The number of carbonyl (C=O) groups is 3. The van der Waals surface area contributed by atoms with Gasteiger partial charge in [-0.2, -0.15) is 0 Å². The summed E-state index contributed by atoms with van der Waals surface area (Å²) in [5.74, 6) is -1.13. The Bertz CT molecular complexity index is 816. The maximum absolute atomic E-state index is 12.3. The van der Waals surface area contributed by atoms with Gasteiger partial charge in [0.05, 0.1) is 23.5 Å². The summed E-state index contributed by atoms with van der Waals surface area (Å²) in [6, 6.07) is 1.50. The SMILES string of the molecule is Cc1[nH]c(C(=O)NNC(=O)c2ccoc2C)c(C)c1C(=O)OC(C)C. The Labute approximate surface area is 144 Å². The van der Waals surface area contributed by atoms with Crippen molar-refractivity contribution < 1.29 is 23.5 Å². The molecule has 0 aliphatic rings. The van der Waals surface area contributed by atoms with Gasteiger partial charge in [-0.3, -0.25) is 20.4 Å². The number of H-pyrrole nitrogens is 1. The lowest BCUT2D eigenvalue weighted by Crippen LogP contribution is -2.42. The zero-order chi connectivity index (χ0) is 18.7. The van der Waals surface area contributed by atoms with E-state index in [2.05, 4.69) is 15.8 Å². The Morgan fingerprint density at radius 1 is 1.12 bits per heavy atom. The van der Waals surface area contributed by atoms with E-state index in [4.69, 9.17) is 9.15 Å². The standard InChI is InChI=1S/C17H21N3O5/c1-8(2)25-17(23)13-9(3)14(18-10(13)4)16(22)20-19-15(21)12-6-7-24-11(12)5/h6-8,18H,1-5H3,(H,19,21)(H,20,22). The molecule has 8 nitrogen and oxygen atoms in total. The van der Waals surface area contributed by atoms with Crippen molar-refractivity contribution in [3.05, 3.63) is 46.2 Å². The first-order chi connectivity index (χ1) is 11.7. The number of aromatic amines is 1. The van der Waals surface area contributed by atoms with Gasteiger partial charge in [0.15, 0.2) is 0 Å². The highest BCUT2D eigenvalue weighted by Crippen LogP contribution is 2.19. The first kappa shape index (κ1) is 18.3. The number of esters is 1. The number of rotatable bonds is 4. The molecule has 2 aromatic heterocycles. The van der Waals surface area contributed by atoms with Gasteiger partial charge in [0.2, 0.25) is 0 Å². The molecule has 0 fully saturated rings. The van der Waals surface area contributed by atoms with Crippen molar-refractivity contribution in [3.63, 3.8) is 0 Å². The lowest BCUT2D eigenvalue weighted by atomic mass is 10.1. The van der Waals surface area contributed by atoms with Crippen LogP contribution in [-0.2, 0) is 4.74 Å². The second-order valence-electron chi connectivity index (χ2n) is 5.88. The third-order valence-corrected chi connectivity index (χ3v) is 3.60. The smallest absolute Gasteiger partial charge is 0.340 e. The number of hydrogen-bond donors (Lipinski definition) is 3. The van der Waals surface area contributed by atoms with Gasteiger partial charge in [0.25, 0.3) is 11.8 Å². The van der Waals surface area contributed by atoms with Gasteiger partial charge in [-0.15, -0.1) is 0 Å². The molecule has 2 aromatic rings. The normalized spacial score (nSPS) is 10.6. The Morgan fingerprint density at radius 2 is 1.76 bits per heavy atom. The quantitative estimate of drug-likeness (QED) is 0.579. The molecular formula is C17H21N3O5. The molecule has 0 atom stereocenters. The number of furan rings is 1. The van der Waals surface area contributed by atoms with E-state index in [1.54, 1.807) is 34.6 Å². The molecule has 2 amide bonds. The fourth-order valence-corrected chi connectivity index (χ4v) is 2.42. The summed E-state index contributed by atoms with van der Waals surface area (Å²) in [6.07, 6.45) is 1.12. The third kappa shape index (κ3) is 3.90. The van der Waals surface area contributed by atoms with E-state index in [1.165, 1.54) is 12.3 Å². The first-order valence-corrected chi connectivity index (χ1v) is 7.77. The van der Waals surface area contributed by atoms with Crippen molar-refractivity contribution in [2.24, 2.45) is 0 Å². The Hall–Kier alpha value is -3.03. The van der Waals surface area contributed by atoms with Crippen LogP contribution in [0, 0.1) is 20.8 Å². The summed E-state index contributed by atoms with van der Waals surface area (Å²) in [7, 11) is 0. The van der Waals surface area contributed by atoms with Crippen LogP contribution >= 0.6 is 0 Å². The van der Waals surface area contributed by atoms with Crippen molar-refractivity contribution >= 4 is 17.8 Å². The fraction of sp³-hybridized carbons (Fsp3) is 0.353. The molecule has 0 saturated heterocycles. The molecule has 0 bridgehead atoms. The van der Waals surface area contributed by atoms with E-state index < -0.39 is 17.8 Å². The average molecular weight is 347 g/mol. The van der Waals surface area contributed by atoms with Crippen LogP contribution in [-0.4, -0.2) is 28.9 Å². The molecule has 0 aromatic carbocycles. The van der Waals surface area contributed by atoms with Crippen LogP contribution in [0.3, 0.4) is 0 Å². The molecular weight excluding hydrogens is 326 g/mol. The van der Waals surface area contributed by atoms with E-state index in [1.807, 2.05) is 0 Å². The molecule has 8 heteroatoms. The van der Waals surface area contributed by atoms with Crippen LogP contribution in [0.2, 0.25) is 0 Å². The lowest BCUT2D eigenvalue weighted by Gasteiger charge is -2.08. The number of amides is 2. The molecule has 0 aliphatic carbocycles. The van der Waals surface area contributed by atoms with Gasteiger partial charge >= 0.3 is 5.97 Å². The summed E-state index contributed by atoms with van der Waals surface area (Å²) in [5, 5.41) is 0. The minimum Gasteiger partial charge on any atom is -0.469 e. The number of nitrogens with one attached hydrogen (secondary N) is 3. The van der Waals surface area contributed by atoms with Crippen molar-refractivity contribution in [2.75, 3.05) is 0 Å². The second kappa shape index (κ2) is 7.25. The van der Waals surface area contributed by atoms with Crippen molar-refractivity contribution in [1.29, 1.82) is 0 Å². The van der Waals surface area contributed by atoms with Crippen molar-refractivity contribution in [2.45, 2.75) is 40.7 Å². The number of carbonyl (C=O) groups excluding carboxylic acids is 3. The highest BCUT2D eigenvalue weighted by Gasteiger charge is 2.24. The summed E-state index contributed by atoms with van der Waals surface area (Å²) < 4.78 is 10.2. The Balaban J connectivity index is 2.11. The van der Waals surface area contributed by atoms with Crippen LogP contribution in [0.5, 0.6) is 0 Å². The highest BCUT2D eigenvalue weighted by atomic mass is 16.5. The van der Waals surface area contributed by atoms with Gasteiger partial charge in [0.1, 0.15) is 11.5 Å². The Morgan fingerprint density at radius 3 is 2.32 bits per heavy atom. The number of ether oxygens (including phenoxy) is 1. The maximum Gasteiger partial charge on any atom is 0.340 e. The summed E-state index contributed by atoms with van der Waals surface area (Å²) in [6.45, 7) is 8.44. The second-order valence-corrected chi connectivity index (χ2v) is 5.88. The first-order valence-electron chi connectivity index (χ1n) is 7.77. The van der Waals surface area contributed by atoms with E-state index >= 15 is 0 Å². The fourth-order valence-electron chi connectivity index (χ4n) is 2.42. The number of aromatic nitrogens is 1. The van der Waals surface area contributed by atoms with E-state index in [9.17, 15) is 14.4 Å². The largest absolute Gasteiger partial charge is 0.469 e. The van der Waals surface area contributed by atoms with Gasteiger partial charge < -0.3 is 14.1 Å². The molecule has 0 aliphatic heterocycles. The minimum absolute atomic E-state index is 0.178. The third-order valence-electron chi connectivity index (χ3n) is 3.60. The molecule has 2 heterocycles. The molecule has 134 valence electrons. The number of aryl methyl sites for hydroxylation is 2. The zero-order valence-electron chi connectivity index (χ0n) is 14.8. The van der Waals surface area contributed by atoms with Crippen molar-refractivity contribution in [3.8, 4) is 0 Å². The summed E-state index contributed by atoms with van der Waals surface area (Å²) in [4.78, 5) is 39.3. The molecule has 2 rings (SSSR count). The van der Waals surface area contributed by atoms with Gasteiger partial charge in [-0.05, 0) is 46.2 Å². The zero-order valence-corrected chi connectivity index (χ0v) is 14.8. The number of hydrazine groups is 1. The molecule has 3 N–H and O–H groups in total. The molecule has 0 unspecified atom stereocenters. The molecule has 0 spiro atoms. The predicted molar refractivity (Wildman–Crippen MR) is 89.2 cm³/mol. The minimum atomic E-state index is -0.571. The monoisotopic (exact) mass is 347 g/mol. The average Bonchev–Trinajstić information content (AvgIpc) is 3.07. The van der Waals surface area contributed by atoms with E-state index in [-0.39, 0.29) is 11.8 Å². The highest BCUT2D eigenvalue weighted by molar-refractivity contribution is 6.02. The molecule has 0 radical (unpaired) electrons. The summed E-state index contributed by atoms with van der Waals surface area (Å²) >= 11 is 0. The van der Waals surface area contributed by atoms with E-state index in [0.717, 1.165) is 0 Å². The van der Waals surface area contributed by atoms with Crippen LogP contribution in [0.4, 0.5) is 0 Å². The van der Waals surface area contributed by atoms with Crippen LogP contribution in [0.1, 0.15) is 62.1 Å². The van der Waals surface area contributed by atoms with Crippen LogP contribution in [0.25, 0.3) is 0 Å². The molecule has 25 heavy (non-hydrogen) atoms. The Kier molecular flexibility index (Phi) is 5.31. The lowest BCUT2D eigenvalue weighted by molar-refractivity contribution is 0.0376. The van der Waals surface area contributed by atoms with Crippen LogP contribution in [0.15, 0.2) is 16.7 Å². The van der Waals surface area contributed by atoms with Crippen molar-refractivity contribution in [1.82, 2.24) is 15.8 Å². The van der Waals surface area contributed by atoms with E-state index in [0.29, 0.717) is 28.1 Å². The number of hydrogen-bond acceptors (Lipinski definition) is 5.